The van der Waals surface area contributed by atoms with Crippen LogP contribution >= 0.6 is 0 Å². The summed E-state index contributed by atoms with van der Waals surface area (Å²) in [5.74, 6) is 0.227. The largest absolute Gasteiger partial charge is 0.316 e. The van der Waals surface area contributed by atoms with Crippen molar-refractivity contribution in [1.29, 1.82) is 0 Å². The summed E-state index contributed by atoms with van der Waals surface area (Å²) < 4.78 is 23.3. The van der Waals surface area contributed by atoms with Crippen LogP contribution in [0.15, 0.2) is 0 Å². The number of rotatable bonds is 2. The maximum absolute atomic E-state index is 11.7. The van der Waals surface area contributed by atoms with Crippen LogP contribution in [0.2, 0.25) is 0 Å². The van der Waals surface area contributed by atoms with Crippen molar-refractivity contribution < 1.29 is 8.78 Å². The van der Waals surface area contributed by atoms with Gasteiger partial charge in [0.25, 0.3) is 0 Å². The monoisotopic (exact) mass is 135 g/mol. The molecule has 0 aromatic heterocycles. The van der Waals surface area contributed by atoms with E-state index >= 15 is 0 Å². The Labute approximate surface area is 53.4 Å². The molecule has 1 rings (SSSR count). The molecule has 0 amide bonds. The fourth-order valence-electron chi connectivity index (χ4n) is 1.17. The van der Waals surface area contributed by atoms with Gasteiger partial charge in [-0.15, -0.1) is 0 Å². The molecule has 9 heavy (non-hydrogen) atoms. The van der Waals surface area contributed by atoms with Gasteiger partial charge in [-0.25, -0.2) is 8.78 Å². The SMILES string of the molecule is FC(F)CC1CCNC1. The standard InChI is InChI=1S/C6H11F2N/c7-6(8)3-5-1-2-9-4-5/h5-6,9H,1-4H2. The van der Waals surface area contributed by atoms with Crippen LogP contribution in [0.5, 0.6) is 0 Å². The average Bonchev–Trinajstić information content (AvgIpc) is 2.15. The summed E-state index contributed by atoms with van der Waals surface area (Å²) in [5.41, 5.74) is 0. The molecule has 1 fully saturated rings. The van der Waals surface area contributed by atoms with Gasteiger partial charge in [-0.2, -0.15) is 0 Å². The zero-order chi connectivity index (χ0) is 6.69. The molecule has 0 aromatic rings. The van der Waals surface area contributed by atoms with E-state index in [0.29, 0.717) is 0 Å². The van der Waals surface area contributed by atoms with E-state index < -0.39 is 6.43 Å². The third kappa shape index (κ3) is 2.26. The van der Waals surface area contributed by atoms with Gasteiger partial charge in [0, 0.05) is 6.42 Å². The molecule has 1 nitrogen and oxygen atoms in total. The van der Waals surface area contributed by atoms with Crippen molar-refractivity contribution >= 4 is 0 Å². The van der Waals surface area contributed by atoms with Crippen molar-refractivity contribution in [3.63, 3.8) is 0 Å². The van der Waals surface area contributed by atoms with Gasteiger partial charge in [0.05, 0.1) is 0 Å². The third-order valence-electron chi connectivity index (χ3n) is 1.67. The molecule has 0 aliphatic carbocycles. The second kappa shape index (κ2) is 3.11. The van der Waals surface area contributed by atoms with Gasteiger partial charge in [-0.1, -0.05) is 0 Å². The summed E-state index contributed by atoms with van der Waals surface area (Å²) >= 11 is 0. The van der Waals surface area contributed by atoms with Crippen LogP contribution in [0, 0.1) is 5.92 Å². The molecular weight excluding hydrogens is 124 g/mol. The Morgan fingerprint density at radius 2 is 2.33 bits per heavy atom. The lowest BCUT2D eigenvalue weighted by Gasteiger charge is -2.04. The molecule has 1 N–H and O–H groups in total. The molecule has 1 saturated heterocycles. The van der Waals surface area contributed by atoms with Crippen molar-refractivity contribution in [3.8, 4) is 0 Å². The number of halogens is 2. The van der Waals surface area contributed by atoms with Crippen LogP contribution in [0.4, 0.5) is 8.78 Å². The Morgan fingerprint density at radius 1 is 1.56 bits per heavy atom. The van der Waals surface area contributed by atoms with Gasteiger partial charge in [0.2, 0.25) is 6.43 Å². The Morgan fingerprint density at radius 3 is 2.78 bits per heavy atom. The first kappa shape index (κ1) is 6.93. The van der Waals surface area contributed by atoms with Crippen LogP contribution in [-0.2, 0) is 0 Å². The van der Waals surface area contributed by atoms with Crippen LogP contribution in [0.3, 0.4) is 0 Å². The van der Waals surface area contributed by atoms with Gasteiger partial charge in [-0.05, 0) is 25.4 Å². The first-order valence-electron chi connectivity index (χ1n) is 3.28. The van der Waals surface area contributed by atoms with Crippen LogP contribution in [0.25, 0.3) is 0 Å². The van der Waals surface area contributed by atoms with E-state index in [4.69, 9.17) is 0 Å². The summed E-state index contributed by atoms with van der Waals surface area (Å²) in [6.07, 6.45) is -1.12. The maximum Gasteiger partial charge on any atom is 0.238 e. The van der Waals surface area contributed by atoms with E-state index in [-0.39, 0.29) is 12.3 Å². The van der Waals surface area contributed by atoms with Crippen molar-refractivity contribution in [2.75, 3.05) is 13.1 Å². The highest BCUT2D eigenvalue weighted by Gasteiger charge is 2.18. The summed E-state index contributed by atoms with van der Waals surface area (Å²) in [6, 6.07) is 0. The maximum atomic E-state index is 11.7. The molecule has 0 bridgehead atoms. The van der Waals surface area contributed by atoms with Crippen LogP contribution < -0.4 is 5.32 Å². The molecular formula is C6H11F2N. The molecule has 0 aromatic carbocycles. The Bertz CT molecular complexity index is 79.1. The minimum atomic E-state index is -2.12. The normalized spacial score (nSPS) is 27.7. The Kier molecular flexibility index (Phi) is 2.39. The topological polar surface area (TPSA) is 12.0 Å². The van der Waals surface area contributed by atoms with Crippen LogP contribution in [-0.4, -0.2) is 19.5 Å². The van der Waals surface area contributed by atoms with Gasteiger partial charge in [0.15, 0.2) is 0 Å². The molecule has 1 atom stereocenters. The molecule has 1 aliphatic heterocycles. The number of hydrogen-bond acceptors (Lipinski definition) is 1. The number of hydrogen-bond donors (Lipinski definition) is 1. The van der Waals surface area contributed by atoms with E-state index in [1.807, 2.05) is 0 Å². The van der Waals surface area contributed by atoms with E-state index in [2.05, 4.69) is 5.32 Å². The summed E-state index contributed by atoms with van der Waals surface area (Å²) in [7, 11) is 0. The highest BCUT2D eigenvalue weighted by Crippen LogP contribution is 2.16. The molecule has 3 heteroatoms. The molecule has 0 spiro atoms. The van der Waals surface area contributed by atoms with E-state index in [9.17, 15) is 8.78 Å². The molecule has 54 valence electrons. The van der Waals surface area contributed by atoms with E-state index in [0.717, 1.165) is 19.5 Å². The fraction of sp³-hybridized carbons (Fsp3) is 1.00. The van der Waals surface area contributed by atoms with E-state index in [1.54, 1.807) is 0 Å². The zero-order valence-electron chi connectivity index (χ0n) is 5.24. The Hall–Kier alpha value is -0.180. The minimum absolute atomic E-state index is 0.0764. The lowest BCUT2D eigenvalue weighted by molar-refractivity contribution is 0.118. The minimum Gasteiger partial charge on any atom is -0.316 e. The quantitative estimate of drug-likeness (QED) is 0.601. The van der Waals surface area contributed by atoms with Gasteiger partial charge < -0.3 is 5.32 Å². The van der Waals surface area contributed by atoms with Crippen molar-refractivity contribution in [2.24, 2.45) is 5.92 Å². The Balaban J connectivity index is 2.11. The highest BCUT2D eigenvalue weighted by molar-refractivity contribution is 4.71. The van der Waals surface area contributed by atoms with Gasteiger partial charge in [-0.3, -0.25) is 0 Å². The van der Waals surface area contributed by atoms with Crippen molar-refractivity contribution in [3.05, 3.63) is 0 Å². The van der Waals surface area contributed by atoms with Gasteiger partial charge >= 0.3 is 0 Å². The molecule has 1 unspecified atom stereocenters. The smallest absolute Gasteiger partial charge is 0.238 e. The predicted molar refractivity (Wildman–Crippen MR) is 31.6 cm³/mol. The average molecular weight is 135 g/mol. The van der Waals surface area contributed by atoms with Gasteiger partial charge in [0.1, 0.15) is 0 Å². The predicted octanol–water partition coefficient (Wildman–Crippen LogP) is 1.25. The second-order valence-corrected chi connectivity index (χ2v) is 2.49. The lowest BCUT2D eigenvalue weighted by atomic mass is 10.1. The molecule has 1 aliphatic rings. The van der Waals surface area contributed by atoms with Crippen molar-refractivity contribution in [1.82, 2.24) is 5.32 Å². The number of nitrogens with one attached hydrogen (secondary N) is 1. The summed E-state index contributed by atoms with van der Waals surface area (Å²) in [5, 5.41) is 3.04. The number of alkyl halides is 2. The zero-order valence-corrected chi connectivity index (χ0v) is 5.24. The molecule has 0 radical (unpaired) electrons. The first-order valence-corrected chi connectivity index (χ1v) is 3.28. The lowest BCUT2D eigenvalue weighted by Crippen LogP contribution is -2.11. The third-order valence-corrected chi connectivity index (χ3v) is 1.67. The first-order chi connectivity index (χ1) is 4.29. The molecule has 1 heterocycles. The second-order valence-electron chi connectivity index (χ2n) is 2.49. The highest BCUT2D eigenvalue weighted by atomic mass is 19.3. The fourth-order valence-corrected chi connectivity index (χ4v) is 1.17. The summed E-state index contributed by atoms with van der Waals surface area (Å²) in [6.45, 7) is 1.70. The molecule has 0 saturated carbocycles. The van der Waals surface area contributed by atoms with Crippen LogP contribution in [0.1, 0.15) is 12.8 Å². The van der Waals surface area contributed by atoms with E-state index in [1.165, 1.54) is 0 Å². The summed E-state index contributed by atoms with van der Waals surface area (Å²) in [4.78, 5) is 0. The van der Waals surface area contributed by atoms with Crippen molar-refractivity contribution in [2.45, 2.75) is 19.3 Å².